The molecule has 0 saturated heterocycles. The number of carbonyl (C=O) groups excluding carboxylic acids is 2. The van der Waals surface area contributed by atoms with Crippen molar-refractivity contribution in [1.82, 2.24) is 5.32 Å². The maximum Gasteiger partial charge on any atom is 0.341 e. The van der Waals surface area contributed by atoms with Crippen LogP contribution in [0.5, 0.6) is 0 Å². The molecule has 0 saturated carbocycles. The molecule has 0 bridgehead atoms. The van der Waals surface area contributed by atoms with Crippen LogP contribution in [0.4, 0.5) is 5.00 Å². The summed E-state index contributed by atoms with van der Waals surface area (Å²) in [5.41, 5.74) is 1.49. The molecule has 0 radical (unpaired) electrons. The number of ether oxygens (including phenoxy) is 1. The minimum absolute atomic E-state index is 0.255. The van der Waals surface area contributed by atoms with Crippen molar-refractivity contribution in [3.8, 4) is 0 Å². The Bertz CT molecular complexity index is 643. The third-order valence-electron chi connectivity index (χ3n) is 3.88. The second-order valence-corrected chi connectivity index (χ2v) is 9.15. The molecule has 0 unspecified atom stereocenters. The molecule has 25 heavy (non-hydrogen) atoms. The highest BCUT2D eigenvalue weighted by Gasteiger charge is 2.36. The van der Waals surface area contributed by atoms with E-state index in [1.807, 2.05) is 0 Å². The summed E-state index contributed by atoms with van der Waals surface area (Å²) in [7, 11) is 0. The summed E-state index contributed by atoms with van der Waals surface area (Å²) in [6.45, 7) is 3.75. The fraction of sp³-hybridized carbons (Fsp3) is 0.625. The molecule has 9 heteroatoms. The van der Waals surface area contributed by atoms with Crippen molar-refractivity contribution in [3.63, 3.8) is 0 Å². The molecular formula is C16H21Cl3N2O3S. The Balaban J connectivity index is 2.37. The Morgan fingerprint density at radius 1 is 1.24 bits per heavy atom. The zero-order valence-electron chi connectivity index (χ0n) is 14.1. The summed E-state index contributed by atoms with van der Waals surface area (Å²) in [6.07, 6.45) is 3.13. The van der Waals surface area contributed by atoms with Crippen molar-refractivity contribution in [2.24, 2.45) is 0 Å². The van der Waals surface area contributed by atoms with Crippen molar-refractivity contribution >= 4 is 63.0 Å². The number of aryl methyl sites for hydroxylation is 1. The first kappa shape index (κ1) is 20.6. The second kappa shape index (κ2) is 8.80. The minimum Gasteiger partial charge on any atom is -0.462 e. The normalized spacial score (nSPS) is 15.2. The first-order chi connectivity index (χ1) is 11.8. The van der Waals surface area contributed by atoms with Crippen LogP contribution in [-0.4, -0.2) is 28.4 Å². The Hall–Kier alpha value is -0.690. The summed E-state index contributed by atoms with van der Waals surface area (Å²) in [6, 6.07) is 0. The fourth-order valence-corrected chi connectivity index (χ4v) is 4.31. The van der Waals surface area contributed by atoms with Crippen molar-refractivity contribution in [3.05, 3.63) is 16.0 Å². The smallest absolute Gasteiger partial charge is 0.341 e. The van der Waals surface area contributed by atoms with E-state index < -0.39 is 15.9 Å². The maximum absolute atomic E-state index is 12.5. The summed E-state index contributed by atoms with van der Waals surface area (Å²) in [5.74, 6) is -0.655. The van der Waals surface area contributed by atoms with Gasteiger partial charge >= 0.3 is 5.97 Å². The zero-order chi connectivity index (χ0) is 18.6. The molecule has 1 aromatic rings. The number of amides is 1. The van der Waals surface area contributed by atoms with Gasteiger partial charge in [-0.1, -0.05) is 41.7 Å². The quantitative estimate of drug-likeness (QED) is 0.400. The van der Waals surface area contributed by atoms with Gasteiger partial charge < -0.3 is 15.4 Å². The maximum atomic E-state index is 12.5. The predicted molar refractivity (Wildman–Crippen MR) is 103 cm³/mol. The van der Waals surface area contributed by atoms with Gasteiger partial charge in [-0.25, -0.2) is 4.79 Å². The highest BCUT2D eigenvalue weighted by atomic mass is 35.6. The lowest BCUT2D eigenvalue weighted by Gasteiger charge is -2.27. The van der Waals surface area contributed by atoms with Crippen LogP contribution in [0.25, 0.3) is 0 Å². The monoisotopic (exact) mass is 426 g/mol. The SMILES string of the molecule is CCOC(=O)c1c(N[C@@H](NC(=O)CC)C(Cl)(Cl)Cl)sc2c1CCCC2. The van der Waals surface area contributed by atoms with Gasteiger partial charge in [0.25, 0.3) is 0 Å². The second-order valence-electron chi connectivity index (χ2n) is 5.68. The topological polar surface area (TPSA) is 67.4 Å². The summed E-state index contributed by atoms with van der Waals surface area (Å²) in [5, 5.41) is 6.25. The van der Waals surface area contributed by atoms with E-state index in [1.54, 1.807) is 13.8 Å². The highest BCUT2D eigenvalue weighted by molar-refractivity contribution is 7.16. The van der Waals surface area contributed by atoms with Gasteiger partial charge in [-0.3, -0.25) is 4.79 Å². The number of rotatable bonds is 6. The van der Waals surface area contributed by atoms with Gasteiger partial charge in [0.1, 0.15) is 11.2 Å². The predicted octanol–water partition coefficient (Wildman–Crippen LogP) is 4.44. The lowest BCUT2D eigenvalue weighted by Crippen LogP contribution is -2.49. The van der Waals surface area contributed by atoms with Crippen molar-refractivity contribution < 1.29 is 14.3 Å². The summed E-state index contributed by atoms with van der Waals surface area (Å²) >= 11 is 19.5. The number of esters is 1. The molecule has 2 N–H and O–H groups in total. The molecule has 1 aliphatic carbocycles. The zero-order valence-corrected chi connectivity index (χ0v) is 17.2. The van der Waals surface area contributed by atoms with Crippen LogP contribution in [0, 0.1) is 0 Å². The third kappa shape index (κ3) is 5.16. The van der Waals surface area contributed by atoms with Gasteiger partial charge in [-0.15, -0.1) is 11.3 Å². The lowest BCUT2D eigenvalue weighted by atomic mass is 9.95. The molecule has 1 aliphatic rings. The van der Waals surface area contributed by atoms with Crippen LogP contribution in [-0.2, 0) is 22.4 Å². The Kier molecular flexibility index (Phi) is 7.26. The molecule has 0 fully saturated rings. The molecule has 1 amide bonds. The molecule has 140 valence electrons. The van der Waals surface area contributed by atoms with Crippen LogP contribution in [0.1, 0.15) is 53.9 Å². The molecule has 1 atom stereocenters. The molecule has 0 aromatic carbocycles. The first-order valence-electron chi connectivity index (χ1n) is 8.22. The highest BCUT2D eigenvalue weighted by Crippen LogP contribution is 2.40. The van der Waals surface area contributed by atoms with Crippen LogP contribution < -0.4 is 10.6 Å². The number of nitrogens with one attached hydrogen (secondary N) is 2. The van der Waals surface area contributed by atoms with Gasteiger partial charge in [0, 0.05) is 11.3 Å². The summed E-state index contributed by atoms with van der Waals surface area (Å²) < 4.78 is 3.43. The van der Waals surface area contributed by atoms with E-state index in [-0.39, 0.29) is 18.9 Å². The van der Waals surface area contributed by atoms with E-state index in [9.17, 15) is 9.59 Å². The van der Waals surface area contributed by atoms with Crippen molar-refractivity contribution in [1.29, 1.82) is 0 Å². The molecule has 0 spiro atoms. The van der Waals surface area contributed by atoms with Gasteiger partial charge in [-0.05, 0) is 38.2 Å². The lowest BCUT2D eigenvalue weighted by molar-refractivity contribution is -0.121. The molecule has 5 nitrogen and oxygen atoms in total. The van der Waals surface area contributed by atoms with E-state index in [2.05, 4.69) is 10.6 Å². The largest absolute Gasteiger partial charge is 0.462 e. The van der Waals surface area contributed by atoms with Crippen molar-refractivity contribution in [2.75, 3.05) is 11.9 Å². The van der Waals surface area contributed by atoms with Crippen LogP contribution >= 0.6 is 46.1 Å². The number of hydrogen-bond acceptors (Lipinski definition) is 5. The first-order valence-corrected chi connectivity index (χ1v) is 10.2. The Labute approximate surface area is 166 Å². The van der Waals surface area contributed by atoms with E-state index in [0.29, 0.717) is 10.6 Å². The fourth-order valence-electron chi connectivity index (χ4n) is 2.68. The standard InChI is InChI=1S/C16H21Cl3N2O3S/c1-3-11(22)20-15(16(17,18)19)21-13-12(14(23)24-4-2)9-7-5-6-8-10(9)25-13/h15,21H,3-8H2,1-2H3,(H,20,22)/t15-/m1/s1. The number of carbonyl (C=O) groups is 2. The average molecular weight is 428 g/mol. The average Bonchev–Trinajstić information content (AvgIpc) is 2.91. The number of thiophene rings is 1. The van der Waals surface area contributed by atoms with E-state index in [4.69, 9.17) is 39.5 Å². The molecule has 0 aliphatic heterocycles. The number of halogens is 3. The number of anilines is 1. The van der Waals surface area contributed by atoms with Gasteiger partial charge in [0.2, 0.25) is 9.70 Å². The van der Waals surface area contributed by atoms with E-state index in [0.717, 1.165) is 36.1 Å². The van der Waals surface area contributed by atoms with Gasteiger partial charge in [0.15, 0.2) is 0 Å². The van der Waals surface area contributed by atoms with Crippen LogP contribution in [0.2, 0.25) is 0 Å². The van der Waals surface area contributed by atoms with Crippen LogP contribution in [0.3, 0.4) is 0 Å². The van der Waals surface area contributed by atoms with E-state index >= 15 is 0 Å². The van der Waals surface area contributed by atoms with Gasteiger partial charge in [-0.2, -0.15) is 0 Å². The van der Waals surface area contributed by atoms with Crippen LogP contribution in [0.15, 0.2) is 0 Å². The summed E-state index contributed by atoms with van der Waals surface area (Å²) in [4.78, 5) is 25.4. The third-order valence-corrected chi connectivity index (χ3v) is 5.76. The number of alkyl halides is 3. The van der Waals surface area contributed by atoms with Crippen molar-refractivity contribution in [2.45, 2.75) is 55.9 Å². The van der Waals surface area contributed by atoms with Gasteiger partial charge in [0.05, 0.1) is 12.2 Å². The number of hydrogen-bond donors (Lipinski definition) is 2. The Morgan fingerprint density at radius 2 is 1.92 bits per heavy atom. The Morgan fingerprint density at radius 3 is 2.52 bits per heavy atom. The molecule has 1 aromatic heterocycles. The van der Waals surface area contributed by atoms with E-state index in [1.165, 1.54) is 11.3 Å². The molecule has 1 heterocycles. The molecule has 2 rings (SSSR count). The minimum atomic E-state index is -1.78. The number of fused-ring (bicyclic) bond motifs is 1. The molecular weight excluding hydrogens is 407 g/mol.